The Morgan fingerprint density at radius 2 is 1.91 bits per heavy atom. The van der Waals surface area contributed by atoms with E-state index in [9.17, 15) is 4.79 Å². The third kappa shape index (κ3) is 3.24. The van der Waals surface area contributed by atoms with Crippen LogP contribution >= 0.6 is 23.2 Å². The van der Waals surface area contributed by atoms with Gasteiger partial charge in [-0.2, -0.15) is 0 Å². The Balaban J connectivity index is 1.90. The average Bonchev–Trinajstić information content (AvgIpc) is 2.55. The third-order valence-electron chi connectivity index (χ3n) is 3.51. The van der Waals surface area contributed by atoms with E-state index in [0.717, 1.165) is 5.56 Å². The molecule has 1 fully saturated rings. The molecular weight excluding hydrogens is 323 g/mol. The van der Waals surface area contributed by atoms with Crippen molar-refractivity contribution in [3.63, 3.8) is 0 Å². The maximum absolute atomic E-state index is 12.5. The number of pyridine rings is 1. The minimum absolute atomic E-state index is 0.0166. The lowest BCUT2D eigenvalue weighted by Crippen LogP contribution is -2.40. The van der Waals surface area contributed by atoms with E-state index in [0.29, 0.717) is 47.6 Å². The summed E-state index contributed by atoms with van der Waals surface area (Å²) < 4.78 is 5.27. The van der Waals surface area contributed by atoms with E-state index in [-0.39, 0.29) is 5.91 Å². The van der Waals surface area contributed by atoms with Crippen LogP contribution in [0.15, 0.2) is 36.5 Å². The molecule has 1 aliphatic rings. The molecular formula is C16H14Cl2N2O2. The number of nitrogens with zero attached hydrogens (tertiary/aromatic N) is 2. The topological polar surface area (TPSA) is 42.4 Å². The zero-order chi connectivity index (χ0) is 15.5. The van der Waals surface area contributed by atoms with Crippen molar-refractivity contribution in [1.29, 1.82) is 0 Å². The van der Waals surface area contributed by atoms with Gasteiger partial charge in [0, 0.05) is 35.4 Å². The fourth-order valence-electron chi connectivity index (χ4n) is 2.36. The van der Waals surface area contributed by atoms with Crippen LogP contribution in [0.1, 0.15) is 10.4 Å². The fraction of sp³-hybridized carbons (Fsp3) is 0.250. The van der Waals surface area contributed by atoms with Gasteiger partial charge >= 0.3 is 0 Å². The zero-order valence-corrected chi connectivity index (χ0v) is 13.3. The molecule has 6 heteroatoms. The number of amides is 1. The van der Waals surface area contributed by atoms with Gasteiger partial charge in [-0.3, -0.25) is 9.78 Å². The molecule has 1 aromatic carbocycles. The first-order chi connectivity index (χ1) is 10.6. The molecule has 1 aliphatic heterocycles. The molecule has 1 saturated heterocycles. The first kappa shape index (κ1) is 15.3. The minimum atomic E-state index is -0.0166. The molecule has 4 nitrogen and oxygen atoms in total. The molecule has 0 atom stereocenters. The van der Waals surface area contributed by atoms with E-state index in [1.54, 1.807) is 41.4 Å². The average molecular weight is 337 g/mol. The molecule has 0 saturated carbocycles. The van der Waals surface area contributed by atoms with Crippen molar-refractivity contribution in [2.45, 2.75) is 0 Å². The normalized spacial score (nSPS) is 14.9. The SMILES string of the molecule is O=C(c1ccnc(-c2ccc(Cl)cc2Cl)c1)N1CCOCC1. The van der Waals surface area contributed by atoms with Crippen molar-refractivity contribution in [1.82, 2.24) is 9.88 Å². The summed E-state index contributed by atoms with van der Waals surface area (Å²) in [5, 5.41) is 1.07. The van der Waals surface area contributed by atoms with E-state index in [4.69, 9.17) is 27.9 Å². The standard InChI is InChI=1S/C16H14Cl2N2O2/c17-12-1-2-13(14(18)10-12)15-9-11(3-4-19-15)16(21)20-5-7-22-8-6-20/h1-4,9-10H,5-8H2. The Kier molecular flexibility index (Phi) is 4.62. The summed E-state index contributed by atoms with van der Waals surface area (Å²) in [6.45, 7) is 2.37. The number of rotatable bonds is 2. The van der Waals surface area contributed by atoms with Crippen molar-refractivity contribution < 1.29 is 9.53 Å². The second kappa shape index (κ2) is 6.65. The van der Waals surface area contributed by atoms with Gasteiger partial charge in [-0.15, -0.1) is 0 Å². The molecule has 0 aliphatic carbocycles. The molecule has 0 bridgehead atoms. The molecule has 2 heterocycles. The summed E-state index contributed by atoms with van der Waals surface area (Å²) in [6.07, 6.45) is 1.62. The Bertz CT molecular complexity index is 700. The summed E-state index contributed by atoms with van der Waals surface area (Å²) >= 11 is 12.1. The monoisotopic (exact) mass is 336 g/mol. The Morgan fingerprint density at radius 1 is 1.14 bits per heavy atom. The number of morpholine rings is 1. The zero-order valence-electron chi connectivity index (χ0n) is 11.8. The van der Waals surface area contributed by atoms with Gasteiger partial charge in [-0.05, 0) is 30.3 Å². The number of halogens is 2. The van der Waals surface area contributed by atoms with E-state index >= 15 is 0 Å². The third-order valence-corrected chi connectivity index (χ3v) is 4.06. The van der Waals surface area contributed by atoms with Crippen LogP contribution in [-0.4, -0.2) is 42.1 Å². The number of hydrogen-bond acceptors (Lipinski definition) is 3. The van der Waals surface area contributed by atoms with Crippen LogP contribution in [0.2, 0.25) is 10.0 Å². The molecule has 1 aromatic heterocycles. The summed E-state index contributed by atoms with van der Waals surface area (Å²) in [6, 6.07) is 8.69. The van der Waals surface area contributed by atoms with Crippen LogP contribution < -0.4 is 0 Å². The largest absolute Gasteiger partial charge is 0.378 e. The van der Waals surface area contributed by atoms with Crippen LogP contribution in [0.3, 0.4) is 0 Å². The highest BCUT2D eigenvalue weighted by atomic mass is 35.5. The van der Waals surface area contributed by atoms with Crippen LogP contribution in [-0.2, 0) is 4.74 Å². The summed E-state index contributed by atoms with van der Waals surface area (Å²) in [5.41, 5.74) is 2.00. The number of carbonyl (C=O) groups excluding carboxylic acids is 1. The lowest BCUT2D eigenvalue weighted by Gasteiger charge is -2.26. The lowest BCUT2D eigenvalue weighted by atomic mass is 10.1. The number of benzene rings is 1. The second-order valence-electron chi connectivity index (χ2n) is 4.96. The predicted molar refractivity (Wildman–Crippen MR) is 86.4 cm³/mol. The van der Waals surface area contributed by atoms with E-state index in [1.165, 1.54) is 0 Å². The smallest absolute Gasteiger partial charge is 0.254 e. The molecule has 2 aromatic rings. The van der Waals surface area contributed by atoms with E-state index < -0.39 is 0 Å². The van der Waals surface area contributed by atoms with Gasteiger partial charge in [0.05, 0.1) is 23.9 Å². The Labute approximate surface area is 138 Å². The Hall–Kier alpha value is -1.62. The van der Waals surface area contributed by atoms with Crippen LogP contribution in [0, 0.1) is 0 Å². The second-order valence-corrected chi connectivity index (χ2v) is 5.80. The van der Waals surface area contributed by atoms with E-state index in [1.807, 2.05) is 0 Å². The molecule has 1 amide bonds. The maximum Gasteiger partial charge on any atom is 0.254 e. The van der Waals surface area contributed by atoms with Gasteiger partial charge in [-0.25, -0.2) is 0 Å². The molecule has 22 heavy (non-hydrogen) atoms. The van der Waals surface area contributed by atoms with Crippen LogP contribution in [0.4, 0.5) is 0 Å². The van der Waals surface area contributed by atoms with Crippen LogP contribution in [0.5, 0.6) is 0 Å². The highest BCUT2D eigenvalue weighted by Gasteiger charge is 2.19. The number of ether oxygens (including phenoxy) is 1. The minimum Gasteiger partial charge on any atom is -0.378 e. The molecule has 0 N–H and O–H groups in total. The van der Waals surface area contributed by atoms with Crippen molar-refractivity contribution in [2.75, 3.05) is 26.3 Å². The van der Waals surface area contributed by atoms with Crippen molar-refractivity contribution in [3.05, 3.63) is 52.1 Å². The van der Waals surface area contributed by atoms with Crippen molar-refractivity contribution in [2.24, 2.45) is 0 Å². The lowest BCUT2D eigenvalue weighted by molar-refractivity contribution is 0.0303. The van der Waals surface area contributed by atoms with Gasteiger partial charge in [0.2, 0.25) is 0 Å². The molecule has 114 valence electrons. The van der Waals surface area contributed by atoms with Gasteiger partial charge in [0.1, 0.15) is 0 Å². The Morgan fingerprint density at radius 3 is 2.64 bits per heavy atom. The highest BCUT2D eigenvalue weighted by Crippen LogP contribution is 2.29. The molecule has 3 rings (SSSR count). The van der Waals surface area contributed by atoms with Crippen LogP contribution in [0.25, 0.3) is 11.3 Å². The number of aromatic nitrogens is 1. The summed E-state index contributed by atoms with van der Waals surface area (Å²) in [7, 11) is 0. The predicted octanol–water partition coefficient (Wildman–Crippen LogP) is 3.53. The first-order valence-corrected chi connectivity index (χ1v) is 7.69. The number of hydrogen-bond donors (Lipinski definition) is 0. The van der Waals surface area contributed by atoms with Gasteiger partial charge < -0.3 is 9.64 Å². The van der Waals surface area contributed by atoms with Gasteiger partial charge in [0.15, 0.2) is 0 Å². The van der Waals surface area contributed by atoms with Gasteiger partial charge in [0.25, 0.3) is 5.91 Å². The number of carbonyl (C=O) groups is 1. The molecule has 0 unspecified atom stereocenters. The van der Waals surface area contributed by atoms with E-state index in [2.05, 4.69) is 4.98 Å². The fourth-order valence-corrected chi connectivity index (χ4v) is 2.86. The first-order valence-electron chi connectivity index (χ1n) is 6.93. The van der Waals surface area contributed by atoms with Crippen molar-refractivity contribution in [3.8, 4) is 11.3 Å². The van der Waals surface area contributed by atoms with Crippen molar-refractivity contribution >= 4 is 29.1 Å². The highest BCUT2D eigenvalue weighted by molar-refractivity contribution is 6.36. The molecule has 0 radical (unpaired) electrons. The summed E-state index contributed by atoms with van der Waals surface area (Å²) in [4.78, 5) is 18.6. The maximum atomic E-state index is 12.5. The summed E-state index contributed by atoms with van der Waals surface area (Å²) in [5.74, 6) is -0.0166. The molecule has 0 spiro atoms. The van der Waals surface area contributed by atoms with Gasteiger partial charge in [-0.1, -0.05) is 23.2 Å². The quantitative estimate of drug-likeness (QED) is 0.842.